The first-order chi connectivity index (χ1) is 8.91. The summed E-state index contributed by atoms with van der Waals surface area (Å²) in [7, 11) is 1.31. The number of rotatable bonds is 2. The highest BCUT2D eigenvalue weighted by atomic mass is 31.0. The molecule has 1 aliphatic rings. The molecule has 0 aromatic heterocycles. The van der Waals surface area contributed by atoms with E-state index in [0.717, 1.165) is 16.7 Å². The summed E-state index contributed by atoms with van der Waals surface area (Å²) in [5.74, 6) is -1.12. The number of fused-ring (bicyclic) bond motifs is 1. The standard InChI is InChI=1S/C13H17F2N2OP/c14-13(15,19)12(18)17-5-3-10-2-1-9(8-16)7-11(10)4-6-17/h1-2,7H,3-6,8,16,19H2. The van der Waals surface area contributed by atoms with E-state index in [1.54, 1.807) is 0 Å². The SMILES string of the molecule is NCc1ccc2c(c1)CCN(C(=O)C(F)(F)P)CC2. The molecule has 1 heterocycles. The molecule has 6 heteroatoms. The molecule has 1 aromatic rings. The van der Waals surface area contributed by atoms with Crippen LogP contribution in [0.25, 0.3) is 0 Å². The van der Waals surface area contributed by atoms with Gasteiger partial charge in [0.1, 0.15) is 0 Å². The Labute approximate surface area is 113 Å². The van der Waals surface area contributed by atoms with Gasteiger partial charge in [0.2, 0.25) is 0 Å². The first-order valence-corrected chi connectivity index (χ1v) is 6.76. The van der Waals surface area contributed by atoms with Crippen molar-refractivity contribution < 1.29 is 13.6 Å². The van der Waals surface area contributed by atoms with Gasteiger partial charge in [0.15, 0.2) is 0 Å². The fourth-order valence-electron chi connectivity index (χ4n) is 2.32. The van der Waals surface area contributed by atoms with Gasteiger partial charge in [0.05, 0.1) is 0 Å². The van der Waals surface area contributed by atoms with E-state index in [9.17, 15) is 13.6 Å². The molecule has 1 unspecified atom stereocenters. The van der Waals surface area contributed by atoms with Crippen LogP contribution in [0.2, 0.25) is 0 Å². The lowest BCUT2D eigenvalue weighted by Gasteiger charge is -2.23. The average molecular weight is 286 g/mol. The molecular weight excluding hydrogens is 269 g/mol. The Morgan fingerprint density at radius 1 is 1.32 bits per heavy atom. The van der Waals surface area contributed by atoms with E-state index < -0.39 is 11.6 Å². The summed E-state index contributed by atoms with van der Waals surface area (Å²) in [5, 5.41) is 0. The minimum absolute atomic E-state index is 0.323. The van der Waals surface area contributed by atoms with Gasteiger partial charge in [0.25, 0.3) is 5.91 Å². The van der Waals surface area contributed by atoms with E-state index in [4.69, 9.17) is 5.73 Å². The molecular formula is C13H17F2N2OP. The Balaban J connectivity index is 2.15. The number of amides is 1. The topological polar surface area (TPSA) is 46.3 Å². The zero-order valence-corrected chi connectivity index (χ0v) is 11.7. The highest BCUT2D eigenvalue weighted by Crippen LogP contribution is 2.26. The van der Waals surface area contributed by atoms with E-state index in [0.29, 0.717) is 32.5 Å². The Morgan fingerprint density at radius 3 is 2.53 bits per heavy atom. The van der Waals surface area contributed by atoms with Crippen molar-refractivity contribution in [3.8, 4) is 0 Å². The van der Waals surface area contributed by atoms with E-state index >= 15 is 0 Å². The normalized spacial score (nSPS) is 15.9. The number of halogens is 2. The predicted octanol–water partition coefficient (Wildman–Crippen LogP) is 1.54. The number of nitrogens with zero attached hydrogens (tertiary/aromatic N) is 1. The summed E-state index contributed by atoms with van der Waals surface area (Å²) in [4.78, 5) is 12.8. The van der Waals surface area contributed by atoms with Crippen LogP contribution < -0.4 is 5.73 Å². The van der Waals surface area contributed by atoms with Crippen molar-refractivity contribution in [1.29, 1.82) is 0 Å². The summed E-state index contributed by atoms with van der Waals surface area (Å²) < 4.78 is 26.1. The van der Waals surface area contributed by atoms with Crippen LogP contribution in [0, 0.1) is 0 Å². The first-order valence-electron chi connectivity index (χ1n) is 6.18. The predicted molar refractivity (Wildman–Crippen MR) is 73.0 cm³/mol. The Hall–Kier alpha value is -1.06. The second-order valence-corrected chi connectivity index (χ2v) is 5.45. The third-order valence-corrected chi connectivity index (χ3v) is 3.63. The summed E-state index contributed by atoms with van der Waals surface area (Å²) >= 11 is 0. The fraction of sp³-hybridized carbons (Fsp3) is 0.462. The number of hydrogen-bond acceptors (Lipinski definition) is 2. The van der Waals surface area contributed by atoms with Crippen molar-refractivity contribution in [2.45, 2.75) is 25.1 Å². The van der Waals surface area contributed by atoms with Crippen LogP contribution in [0.15, 0.2) is 18.2 Å². The van der Waals surface area contributed by atoms with Crippen LogP contribution in [-0.2, 0) is 24.2 Å². The number of alkyl halides is 2. The zero-order chi connectivity index (χ0) is 14.0. The van der Waals surface area contributed by atoms with Crippen LogP contribution >= 0.6 is 9.24 Å². The van der Waals surface area contributed by atoms with E-state index in [2.05, 4.69) is 0 Å². The highest BCUT2D eigenvalue weighted by molar-refractivity contribution is 7.20. The van der Waals surface area contributed by atoms with Crippen LogP contribution in [0.1, 0.15) is 16.7 Å². The molecule has 0 saturated carbocycles. The minimum Gasteiger partial charge on any atom is -0.337 e. The first kappa shape index (κ1) is 14.4. The molecule has 1 aliphatic heterocycles. The maximum absolute atomic E-state index is 13.0. The average Bonchev–Trinajstić information content (AvgIpc) is 2.58. The van der Waals surface area contributed by atoms with E-state index in [1.165, 1.54) is 14.1 Å². The molecule has 3 nitrogen and oxygen atoms in total. The van der Waals surface area contributed by atoms with Crippen molar-refractivity contribution in [1.82, 2.24) is 4.90 Å². The van der Waals surface area contributed by atoms with Crippen molar-refractivity contribution in [3.05, 3.63) is 34.9 Å². The number of hydrogen-bond donors (Lipinski definition) is 1. The van der Waals surface area contributed by atoms with Gasteiger partial charge in [-0.3, -0.25) is 4.79 Å². The second kappa shape index (κ2) is 5.51. The van der Waals surface area contributed by atoms with Gasteiger partial charge in [-0.2, -0.15) is 8.78 Å². The van der Waals surface area contributed by atoms with Crippen molar-refractivity contribution in [2.75, 3.05) is 13.1 Å². The van der Waals surface area contributed by atoms with Gasteiger partial charge >= 0.3 is 5.66 Å². The monoisotopic (exact) mass is 286 g/mol. The molecule has 0 spiro atoms. The molecule has 0 radical (unpaired) electrons. The van der Waals surface area contributed by atoms with Gasteiger partial charge < -0.3 is 10.6 Å². The Kier molecular flexibility index (Phi) is 4.16. The van der Waals surface area contributed by atoms with Crippen LogP contribution in [0.4, 0.5) is 8.78 Å². The van der Waals surface area contributed by atoms with Crippen LogP contribution in [-0.4, -0.2) is 29.6 Å². The number of nitrogens with two attached hydrogens (primary N) is 1. The van der Waals surface area contributed by atoms with Gasteiger partial charge in [0, 0.05) is 19.6 Å². The molecule has 2 rings (SSSR count). The summed E-state index contributed by atoms with van der Waals surface area (Å²) in [6, 6.07) is 5.92. The van der Waals surface area contributed by atoms with Gasteiger partial charge in [-0.1, -0.05) is 27.4 Å². The summed E-state index contributed by atoms with van der Waals surface area (Å²) in [6.45, 7) is 1.11. The maximum Gasteiger partial charge on any atom is 0.335 e. The third kappa shape index (κ3) is 3.28. The van der Waals surface area contributed by atoms with E-state index in [1.807, 2.05) is 18.2 Å². The largest absolute Gasteiger partial charge is 0.337 e. The highest BCUT2D eigenvalue weighted by Gasteiger charge is 2.37. The van der Waals surface area contributed by atoms with Gasteiger partial charge in [-0.05, 0) is 29.5 Å². The second-order valence-electron chi connectivity index (χ2n) is 4.72. The minimum atomic E-state index is -3.38. The van der Waals surface area contributed by atoms with Gasteiger partial charge in [-0.25, -0.2) is 0 Å². The third-order valence-electron chi connectivity index (χ3n) is 3.38. The molecule has 2 N–H and O–H groups in total. The number of carbonyl (C=O) groups excluding carboxylic acids is 1. The lowest BCUT2D eigenvalue weighted by atomic mass is 10.0. The lowest BCUT2D eigenvalue weighted by Crippen LogP contribution is -2.41. The molecule has 0 fully saturated rings. The molecule has 0 bridgehead atoms. The number of benzene rings is 1. The molecule has 1 atom stereocenters. The van der Waals surface area contributed by atoms with Gasteiger partial charge in [-0.15, -0.1) is 0 Å². The summed E-state index contributed by atoms with van der Waals surface area (Å²) in [6.07, 6.45) is 1.20. The molecule has 1 aromatic carbocycles. The molecule has 0 saturated heterocycles. The summed E-state index contributed by atoms with van der Waals surface area (Å²) in [5.41, 5.74) is 5.45. The smallest absolute Gasteiger partial charge is 0.335 e. The van der Waals surface area contributed by atoms with Crippen LogP contribution in [0.3, 0.4) is 0 Å². The zero-order valence-electron chi connectivity index (χ0n) is 10.5. The van der Waals surface area contributed by atoms with E-state index in [-0.39, 0.29) is 0 Å². The Morgan fingerprint density at radius 2 is 1.95 bits per heavy atom. The molecule has 104 valence electrons. The number of carbonyl (C=O) groups is 1. The quantitative estimate of drug-likeness (QED) is 0.838. The van der Waals surface area contributed by atoms with Crippen molar-refractivity contribution in [3.63, 3.8) is 0 Å². The molecule has 0 aliphatic carbocycles. The maximum atomic E-state index is 13.0. The lowest BCUT2D eigenvalue weighted by molar-refractivity contribution is -0.146. The molecule has 1 amide bonds. The van der Waals surface area contributed by atoms with Crippen molar-refractivity contribution in [2.24, 2.45) is 5.73 Å². The van der Waals surface area contributed by atoms with Crippen molar-refractivity contribution >= 4 is 15.1 Å². The Bertz CT molecular complexity index is 488. The molecule has 19 heavy (non-hydrogen) atoms. The van der Waals surface area contributed by atoms with Crippen LogP contribution in [0.5, 0.6) is 0 Å². The fourth-order valence-corrected chi connectivity index (χ4v) is 2.50.